The van der Waals surface area contributed by atoms with Gasteiger partial charge in [-0.1, -0.05) is 18.2 Å². The van der Waals surface area contributed by atoms with Gasteiger partial charge < -0.3 is 11.1 Å². The predicted molar refractivity (Wildman–Crippen MR) is 79.2 cm³/mol. The van der Waals surface area contributed by atoms with Crippen LogP contribution in [0.25, 0.3) is 0 Å². The summed E-state index contributed by atoms with van der Waals surface area (Å²) in [5.41, 5.74) is 7.06. The Morgan fingerprint density at radius 2 is 2.11 bits per heavy atom. The van der Waals surface area contributed by atoms with Gasteiger partial charge in [-0.15, -0.1) is 11.8 Å². The van der Waals surface area contributed by atoms with E-state index in [0.717, 1.165) is 10.5 Å². The second kappa shape index (κ2) is 6.24. The molecule has 0 atom stereocenters. The van der Waals surface area contributed by atoms with Crippen molar-refractivity contribution in [2.75, 3.05) is 16.8 Å². The number of hydrogen-bond acceptors (Lipinski definition) is 4. The third kappa shape index (κ3) is 3.99. The van der Waals surface area contributed by atoms with Crippen LogP contribution in [0.3, 0.4) is 0 Å². The minimum Gasteiger partial charge on any atom is -0.397 e. The van der Waals surface area contributed by atoms with Crippen molar-refractivity contribution in [2.45, 2.75) is 11.8 Å². The lowest BCUT2D eigenvalue weighted by Crippen LogP contribution is -2.16. The second-order valence-electron chi connectivity index (χ2n) is 4.08. The zero-order valence-corrected chi connectivity index (χ0v) is 11.4. The number of amides is 1. The van der Waals surface area contributed by atoms with E-state index in [4.69, 9.17) is 5.73 Å². The summed E-state index contributed by atoms with van der Waals surface area (Å²) in [6.45, 7) is 1.86. The van der Waals surface area contributed by atoms with E-state index in [1.807, 2.05) is 37.3 Å². The molecule has 1 aromatic carbocycles. The molecule has 0 spiro atoms. The van der Waals surface area contributed by atoms with Crippen LogP contribution >= 0.6 is 11.8 Å². The lowest BCUT2D eigenvalue weighted by molar-refractivity contribution is -0.113. The van der Waals surface area contributed by atoms with Crippen LogP contribution in [-0.4, -0.2) is 16.6 Å². The Hall–Kier alpha value is -2.01. The number of nitrogens with zero attached hydrogens (tertiary/aromatic N) is 1. The molecule has 1 amide bonds. The van der Waals surface area contributed by atoms with Crippen molar-refractivity contribution in [3.63, 3.8) is 0 Å². The van der Waals surface area contributed by atoms with Crippen LogP contribution < -0.4 is 11.1 Å². The summed E-state index contributed by atoms with van der Waals surface area (Å²) < 4.78 is 0. The number of aromatic nitrogens is 1. The first-order valence-electron chi connectivity index (χ1n) is 5.85. The van der Waals surface area contributed by atoms with E-state index in [2.05, 4.69) is 10.3 Å². The molecular weight excluding hydrogens is 258 g/mol. The minimum absolute atomic E-state index is 0.0748. The molecule has 0 unspecified atom stereocenters. The normalized spacial score (nSPS) is 10.2. The van der Waals surface area contributed by atoms with Crippen LogP contribution in [0.4, 0.5) is 11.5 Å². The van der Waals surface area contributed by atoms with E-state index in [-0.39, 0.29) is 5.91 Å². The number of thioether (sulfide) groups is 1. The number of rotatable bonds is 4. The monoisotopic (exact) mass is 273 g/mol. The van der Waals surface area contributed by atoms with Gasteiger partial charge in [0.2, 0.25) is 5.91 Å². The average molecular weight is 273 g/mol. The van der Waals surface area contributed by atoms with Crippen LogP contribution in [0.15, 0.2) is 47.5 Å². The van der Waals surface area contributed by atoms with Crippen molar-refractivity contribution >= 4 is 29.2 Å². The van der Waals surface area contributed by atoms with Crippen LogP contribution in [0.1, 0.15) is 5.56 Å². The molecule has 2 rings (SSSR count). The van der Waals surface area contributed by atoms with Crippen LogP contribution in [0.5, 0.6) is 0 Å². The van der Waals surface area contributed by atoms with Gasteiger partial charge in [-0.05, 0) is 30.7 Å². The van der Waals surface area contributed by atoms with Crippen LogP contribution in [0.2, 0.25) is 0 Å². The quantitative estimate of drug-likeness (QED) is 0.840. The molecular formula is C14H15N3OS. The number of hydrogen-bond donors (Lipinski definition) is 2. The van der Waals surface area contributed by atoms with Gasteiger partial charge in [0.05, 0.1) is 17.6 Å². The van der Waals surface area contributed by atoms with Gasteiger partial charge in [-0.3, -0.25) is 4.79 Å². The minimum atomic E-state index is -0.0748. The molecule has 0 aliphatic carbocycles. The number of nitrogens with one attached hydrogen (secondary N) is 1. The van der Waals surface area contributed by atoms with Gasteiger partial charge in [-0.25, -0.2) is 4.98 Å². The van der Waals surface area contributed by atoms with E-state index in [0.29, 0.717) is 17.3 Å². The van der Waals surface area contributed by atoms with Crippen molar-refractivity contribution in [2.24, 2.45) is 0 Å². The van der Waals surface area contributed by atoms with Gasteiger partial charge >= 0.3 is 0 Å². The summed E-state index contributed by atoms with van der Waals surface area (Å²) in [6, 6.07) is 11.6. The van der Waals surface area contributed by atoms with E-state index >= 15 is 0 Å². The molecule has 0 saturated heterocycles. The van der Waals surface area contributed by atoms with Gasteiger partial charge in [0.15, 0.2) is 0 Å². The van der Waals surface area contributed by atoms with Crippen molar-refractivity contribution in [1.82, 2.24) is 4.98 Å². The molecule has 98 valence electrons. The molecule has 2 aromatic rings. The highest BCUT2D eigenvalue weighted by Gasteiger charge is 2.06. The van der Waals surface area contributed by atoms with E-state index in [1.165, 1.54) is 18.0 Å². The Morgan fingerprint density at radius 1 is 1.37 bits per heavy atom. The maximum Gasteiger partial charge on any atom is 0.235 e. The number of nitrogens with two attached hydrogens (primary N) is 1. The zero-order chi connectivity index (χ0) is 13.7. The Kier molecular flexibility index (Phi) is 4.41. The number of benzene rings is 1. The van der Waals surface area contributed by atoms with Gasteiger partial charge in [0, 0.05) is 4.90 Å². The summed E-state index contributed by atoms with van der Waals surface area (Å²) >= 11 is 1.49. The Labute approximate surface area is 116 Å². The van der Waals surface area contributed by atoms with Gasteiger partial charge in [0.1, 0.15) is 5.82 Å². The third-order valence-electron chi connectivity index (χ3n) is 2.47. The maximum atomic E-state index is 11.8. The van der Waals surface area contributed by atoms with Crippen LogP contribution in [0, 0.1) is 6.92 Å². The number of carbonyl (C=O) groups excluding carboxylic acids is 1. The molecule has 0 radical (unpaired) electrons. The average Bonchev–Trinajstić information content (AvgIpc) is 2.41. The summed E-state index contributed by atoms with van der Waals surface area (Å²) in [5.74, 6) is 0.845. The van der Waals surface area contributed by atoms with Crippen molar-refractivity contribution in [1.29, 1.82) is 0 Å². The summed E-state index contributed by atoms with van der Waals surface area (Å²) in [4.78, 5) is 17.0. The molecule has 0 bridgehead atoms. The summed E-state index contributed by atoms with van der Waals surface area (Å²) in [6.07, 6.45) is 1.53. The third-order valence-corrected chi connectivity index (χ3v) is 3.48. The fourth-order valence-electron chi connectivity index (χ4n) is 1.56. The first-order valence-corrected chi connectivity index (χ1v) is 6.83. The highest BCUT2D eigenvalue weighted by Crippen LogP contribution is 2.18. The zero-order valence-electron chi connectivity index (χ0n) is 10.6. The second-order valence-corrected chi connectivity index (χ2v) is 5.13. The number of nitrogen functional groups attached to an aromatic ring is 1. The molecule has 19 heavy (non-hydrogen) atoms. The fraction of sp³-hybridized carbons (Fsp3) is 0.143. The predicted octanol–water partition coefficient (Wildman–Crippen LogP) is 2.70. The lowest BCUT2D eigenvalue weighted by Gasteiger charge is -2.07. The fourth-order valence-corrected chi connectivity index (χ4v) is 2.28. The van der Waals surface area contributed by atoms with Crippen molar-refractivity contribution < 1.29 is 4.79 Å². The molecule has 4 nitrogen and oxygen atoms in total. The van der Waals surface area contributed by atoms with Gasteiger partial charge in [-0.2, -0.15) is 0 Å². The molecule has 0 aliphatic heterocycles. The number of anilines is 2. The molecule has 0 saturated carbocycles. The first kappa shape index (κ1) is 13.4. The van der Waals surface area contributed by atoms with E-state index in [9.17, 15) is 4.79 Å². The number of aryl methyl sites for hydroxylation is 1. The Morgan fingerprint density at radius 3 is 2.79 bits per heavy atom. The first-order chi connectivity index (χ1) is 9.15. The molecule has 1 heterocycles. The van der Waals surface area contributed by atoms with Crippen molar-refractivity contribution in [3.05, 3.63) is 48.2 Å². The molecule has 0 fully saturated rings. The SMILES string of the molecule is Cc1cc(N)cnc1NC(=O)CSc1ccccc1. The highest BCUT2D eigenvalue weighted by molar-refractivity contribution is 8.00. The standard InChI is InChI=1S/C14H15N3OS/c1-10-7-11(15)8-16-14(10)17-13(18)9-19-12-5-3-2-4-6-12/h2-8H,9,15H2,1H3,(H,16,17,18). The largest absolute Gasteiger partial charge is 0.397 e. The van der Waals surface area contributed by atoms with Crippen LogP contribution in [-0.2, 0) is 4.79 Å². The Balaban J connectivity index is 1.91. The number of carbonyl (C=O) groups is 1. The van der Waals surface area contributed by atoms with E-state index < -0.39 is 0 Å². The molecule has 3 N–H and O–H groups in total. The maximum absolute atomic E-state index is 11.8. The Bertz CT molecular complexity index is 572. The highest BCUT2D eigenvalue weighted by atomic mass is 32.2. The van der Waals surface area contributed by atoms with E-state index in [1.54, 1.807) is 6.07 Å². The van der Waals surface area contributed by atoms with Gasteiger partial charge in [0.25, 0.3) is 0 Å². The molecule has 5 heteroatoms. The number of pyridine rings is 1. The summed E-state index contributed by atoms with van der Waals surface area (Å²) in [5, 5.41) is 2.78. The molecule has 0 aliphatic rings. The topological polar surface area (TPSA) is 68.0 Å². The van der Waals surface area contributed by atoms with Crippen molar-refractivity contribution in [3.8, 4) is 0 Å². The lowest BCUT2D eigenvalue weighted by atomic mass is 10.2. The summed E-state index contributed by atoms with van der Waals surface area (Å²) in [7, 11) is 0. The molecule has 1 aromatic heterocycles. The smallest absolute Gasteiger partial charge is 0.235 e.